The van der Waals surface area contributed by atoms with E-state index in [-0.39, 0.29) is 11.9 Å². The van der Waals surface area contributed by atoms with Gasteiger partial charge in [-0.1, -0.05) is 19.3 Å². The molecule has 0 heterocycles. The minimum absolute atomic E-state index is 0.0645. The molecule has 0 saturated heterocycles. The van der Waals surface area contributed by atoms with Gasteiger partial charge in [0.05, 0.1) is 13.0 Å². The molecule has 0 unspecified atom stereocenters. The van der Waals surface area contributed by atoms with E-state index in [9.17, 15) is 4.79 Å². The van der Waals surface area contributed by atoms with Crippen LogP contribution in [0.4, 0.5) is 0 Å². The summed E-state index contributed by atoms with van der Waals surface area (Å²) in [6, 6.07) is 0. The third-order valence-electron chi connectivity index (χ3n) is 2.98. The Morgan fingerprint density at radius 2 is 2.08 bits per heavy atom. The van der Waals surface area contributed by atoms with Crippen molar-refractivity contribution in [2.24, 2.45) is 17.6 Å². The van der Waals surface area contributed by atoms with E-state index in [1.165, 1.54) is 26.4 Å². The summed E-state index contributed by atoms with van der Waals surface area (Å²) in [6.07, 6.45) is 6.04. The first-order valence-electron chi connectivity index (χ1n) is 5.07. The van der Waals surface area contributed by atoms with Crippen LogP contribution in [0.25, 0.3) is 0 Å². The second-order valence-electron chi connectivity index (χ2n) is 3.76. The first-order chi connectivity index (χ1) is 6.29. The molecule has 0 spiro atoms. The van der Waals surface area contributed by atoms with Crippen LogP contribution < -0.4 is 5.73 Å². The van der Waals surface area contributed by atoms with E-state index in [4.69, 9.17) is 10.5 Å². The number of nitrogens with two attached hydrogens (primary N) is 1. The molecule has 3 heteroatoms. The van der Waals surface area contributed by atoms with Gasteiger partial charge in [-0.05, 0) is 18.8 Å². The molecule has 1 aliphatic carbocycles. The maximum atomic E-state index is 11.3. The van der Waals surface area contributed by atoms with Crippen molar-refractivity contribution in [2.75, 3.05) is 13.7 Å². The van der Waals surface area contributed by atoms with Crippen molar-refractivity contribution in [2.45, 2.75) is 32.1 Å². The lowest BCUT2D eigenvalue weighted by molar-refractivity contribution is -0.147. The van der Waals surface area contributed by atoms with Crippen molar-refractivity contribution >= 4 is 5.97 Å². The number of esters is 1. The lowest BCUT2D eigenvalue weighted by Gasteiger charge is -2.27. The molecule has 2 N–H and O–H groups in total. The van der Waals surface area contributed by atoms with Gasteiger partial charge >= 0.3 is 5.97 Å². The normalized spacial score (nSPS) is 21.1. The van der Waals surface area contributed by atoms with Crippen LogP contribution in [-0.2, 0) is 9.53 Å². The summed E-state index contributed by atoms with van der Waals surface area (Å²) in [5, 5.41) is 0. The highest BCUT2D eigenvalue weighted by Gasteiger charge is 2.28. The lowest BCUT2D eigenvalue weighted by atomic mass is 9.80. The van der Waals surface area contributed by atoms with Crippen molar-refractivity contribution < 1.29 is 9.53 Å². The lowest BCUT2D eigenvalue weighted by Crippen LogP contribution is -2.33. The summed E-state index contributed by atoms with van der Waals surface area (Å²) in [4.78, 5) is 11.3. The van der Waals surface area contributed by atoms with E-state index in [0.717, 1.165) is 12.8 Å². The molecule has 0 aromatic carbocycles. The van der Waals surface area contributed by atoms with Gasteiger partial charge in [0.15, 0.2) is 0 Å². The molecule has 0 radical (unpaired) electrons. The zero-order valence-electron chi connectivity index (χ0n) is 8.29. The van der Waals surface area contributed by atoms with Crippen LogP contribution >= 0.6 is 0 Å². The van der Waals surface area contributed by atoms with Crippen LogP contribution in [0.3, 0.4) is 0 Å². The summed E-state index contributed by atoms with van der Waals surface area (Å²) >= 11 is 0. The van der Waals surface area contributed by atoms with Gasteiger partial charge < -0.3 is 10.5 Å². The highest BCUT2D eigenvalue weighted by molar-refractivity contribution is 5.72. The van der Waals surface area contributed by atoms with E-state index < -0.39 is 0 Å². The van der Waals surface area contributed by atoms with Gasteiger partial charge in [0.1, 0.15) is 0 Å². The van der Waals surface area contributed by atoms with Crippen LogP contribution in [0.2, 0.25) is 0 Å². The number of carbonyl (C=O) groups is 1. The van der Waals surface area contributed by atoms with Crippen LogP contribution in [0.5, 0.6) is 0 Å². The fraction of sp³-hybridized carbons (Fsp3) is 0.900. The summed E-state index contributed by atoms with van der Waals surface area (Å²) in [6.45, 7) is 0.428. The summed E-state index contributed by atoms with van der Waals surface area (Å²) < 4.78 is 4.74. The van der Waals surface area contributed by atoms with E-state index >= 15 is 0 Å². The minimum Gasteiger partial charge on any atom is -0.469 e. The van der Waals surface area contributed by atoms with Crippen LogP contribution in [-0.4, -0.2) is 19.6 Å². The standard InChI is InChI=1S/C10H19NO2/c1-13-10(12)9(7-11)8-5-3-2-4-6-8/h8-9H,2-7,11H2,1H3/t9-/m1/s1. The Kier molecular flexibility index (Phi) is 4.22. The molecule has 0 aromatic heterocycles. The third kappa shape index (κ3) is 2.69. The van der Waals surface area contributed by atoms with E-state index in [1.807, 2.05) is 0 Å². The fourth-order valence-electron chi connectivity index (χ4n) is 2.17. The summed E-state index contributed by atoms with van der Waals surface area (Å²) in [5.41, 5.74) is 5.58. The Morgan fingerprint density at radius 3 is 2.54 bits per heavy atom. The van der Waals surface area contributed by atoms with E-state index in [2.05, 4.69) is 0 Å². The molecule has 13 heavy (non-hydrogen) atoms. The monoisotopic (exact) mass is 185 g/mol. The predicted octanol–water partition coefficient (Wildman–Crippen LogP) is 1.31. The van der Waals surface area contributed by atoms with Crippen molar-refractivity contribution in [1.82, 2.24) is 0 Å². The molecule has 1 aliphatic rings. The quantitative estimate of drug-likeness (QED) is 0.674. The molecular weight excluding hydrogens is 166 g/mol. The van der Waals surface area contributed by atoms with Gasteiger partial charge in [-0.25, -0.2) is 0 Å². The number of hydrogen-bond donors (Lipinski definition) is 1. The SMILES string of the molecule is COC(=O)[C@H](CN)C1CCCCC1. The van der Waals surface area contributed by atoms with Crippen molar-refractivity contribution in [3.63, 3.8) is 0 Å². The summed E-state index contributed by atoms with van der Waals surface area (Å²) in [7, 11) is 1.44. The first-order valence-corrected chi connectivity index (χ1v) is 5.07. The Balaban J connectivity index is 2.48. The fourth-order valence-corrected chi connectivity index (χ4v) is 2.17. The predicted molar refractivity (Wildman–Crippen MR) is 51.1 cm³/mol. The van der Waals surface area contributed by atoms with Gasteiger partial charge in [0, 0.05) is 6.54 Å². The molecule has 0 aromatic rings. The zero-order chi connectivity index (χ0) is 9.68. The molecule has 1 fully saturated rings. The van der Waals surface area contributed by atoms with Crippen molar-refractivity contribution in [3.8, 4) is 0 Å². The molecule has 76 valence electrons. The minimum atomic E-state index is -0.130. The second-order valence-corrected chi connectivity index (χ2v) is 3.76. The second kappa shape index (κ2) is 5.22. The Bertz CT molecular complexity index is 164. The number of carbonyl (C=O) groups excluding carboxylic acids is 1. The summed E-state index contributed by atoms with van der Waals surface area (Å²) in [5.74, 6) is 0.269. The third-order valence-corrected chi connectivity index (χ3v) is 2.98. The number of hydrogen-bond acceptors (Lipinski definition) is 3. The highest BCUT2D eigenvalue weighted by Crippen LogP contribution is 2.30. The molecule has 0 bridgehead atoms. The van der Waals surface area contributed by atoms with Crippen molar-refractivity contribution in [1.29, 1.82) is 0 Å². The Labute approximate surface area is 79.6 Å². The molecule has 1 atom stereocenters. The number of rotatable bonds is 3. The average Bonchev–Trinajstić information content (AvgIpc) is 2.20. The van der Waals surface area contributed by atoms with Gasteiger partial charge in [-0.3, -0.25) is 4.79 Å². The smallest absolute Gasteiger partial charge is 0.310 e. The first kappa shape index (κ1) is 10.5. The van der Waals surface area contributed by atoms with Gasteiger partial charge in [0.2, 0.25) is 0 Å². The van der Waals surface area contributed by atoms with Gasteiger partial charge in [-0.15, -0.1) is 0 Å². The van der Waals surface area contributed by atoms with Gasteiger partial charge in [0.25, 0.3) is 0 Å². The van der Waals surface area contributed by atoms with Crippen LogP contribution in [0, 0.1) is 11.8 Å². The molecule has 1 saturated carbocycles. The molecule has 0 aliphatic heterocycles. The van der Waals surface area contributed by atoms with E-state index in [0.29, 0.717) is 12.5 Å². The Hall–Kier alpha value is -0.570. The molecular formula is C10H19NO2. The number of methoxy groups -OCH3 is 1. The zero-order valence-corrected chi connectivity index (χ0v) is 8.29. The maximum Gasteiger partial charge on any atom is 0.310 e. The molecule has 3 nitrogen and oxygen atoms in total. The number of ether oxygens (including phenoxy) is 1. The molecule has 1 rings (SSSR count). The Morgan fingerprint density at radius 1 is 1.46 bits per heavy atom. The van der Waals surface area contributed by atoms with Crippen LogP contribution in [0.1, 0.15) is 32.1 Å². The topological polar surface area (TPSA) is 52.3 Å². The van der Waals surface area contributed by atoms with Crippen molar-refractivity contribution in [3.05, 3.63) is 0 Å². The highest BCUT2D eigenvalue weighted by atomic mass is 16.5. The maximum absolute atomic E-state index is 11.3. The average molecular weight is 185 g/mol. The molecule has 0 amide bonds. The van der Waals surface area contributed by atoms with E-state index in [1.54, 1.807) is 0 Å². The van der Waals surface area contributed by atoms with Gasteiger partial charge in [-0.2, -0.15) is 0 Å². The van der Waals surface area contributed by atoms with Crippen LogP contribution in [0.15, 0.2) is 0 Å². The largest absolute Gasteiger partial charge is 0.469 e.